The van der Waals surface area contributed by atoms with Crippen molar-refractivity contribution in [3.05, 3.63) is 186 Å². The first-order valence-corrected chi connectivity index (χ1v) is 13.5. The maximum absolute atomic E-state index is 4.31. The molecule has 0 amide bonds. The highest BCUT2D eigenvalue weighted by Crippen LogP contribution is 2.55. The summed E-state index contributed by atoms with van der Waals surface area (Å²) >= 11 is 0. The van der Waals surface area contributed by atoms with Crippen molar-refractivity contribution in [1.29, 1.82) is 0 Å². The lowest BCUT2D eigenvalue weighted by Crippen LogP contribution is -2.30. The third-order valence-corrected chi connectivity index (χ3v) is 7.69. The van der Waals surface area contributed by atoms with Crippen molar-refractivity contribution in [3.63, 3.8) is 0 Å². The second kappa shape index (κ2) is 11.0. The lowest BCUT2D eigenvalue weighted by atomic mass is 9.65. The van der Waals surface area contributed by atoms with E-state index in [1.807, 2.05) is 12.2 Å². The monoisotopic (exact) mass is 505 g/mol. The zero-order chi connectivity index (χ0) is 27.4. The Morgan fingerprint density at radius 3 is 1.69 bits per heavy atom. The Hall–Kier alpha value is -4.62. The number of para-hydroxylation sites is 2. The Morgan fingerprint density at radius 2 is 1.18 bits per heavy atom. The molecule has 0 N–H and O–H groups in total. The molecule has 4 aromatic carbocycles. The summed E-state index contributed by atoms with van der Waals surface area (Å²) < 4.78 is 0. The Bertz CT molecular complexity index is 1540. The topological polar surface area (TPSA) is 3.24 Å². The molecule has 0 radical (unpaired) electrons. The molecule has 0 heterocycles. The van der Waals surface area contributed by atoms with Crippen molar-refractivity contribution in [2.24, 2.45) is 0 Å². The molecule has 1 nitrogen and oxygen atoms in total. The van der Waals surface area contributed by atoms with Gasteiger partial charge in [0, 0.05) is 17.1 Å². The minimum atomic E-state index is -0.503. The highest BCUT2D eigenvalue weighted by molar-refractivity contribution is 5.78. The van der Waals surface area contributed by atoms with Crippen molar-refractivity contribution < 1.29 is 0 Å². The molecule has 192 valence electrons. The summed E-state index contributed by atoms with van der Waals surface area (Å²) in [6.45, 7) is 15.0. The van der Waals surface area contributed by atoms with Crippen LogP contribution in [0.1, 0.15) is 30.5 Å². The molecular formula is C38H35N. The van der Waals surface area contributed by atoms with Crippen LogP contribution in [0.5, 0.6) is 0 Å². The van der Waals surface area contributed by atoms with E-state index in [4.69, 9.17) is 0 Å². The lowest BCUT2D eigenvalue weighted by Gasteiger charge is -2.36. The second-order valence-corrected chi connectivity index (χ2v) is 9.95. The molecule has 1 aliphatic rings. The molecular weight excluding hydrogens is 470 g/mol. The van der Waals surface area contributed by atoms with Gasteiger partial charge in [-0.1, -0.05) is 116 Å². The molecule has 0 saturated heterocycles. The quantitative estimate of drug-likeness (QED) is 0.230. The van der Waals surface area contributed by atoms with Crippen molar-refractivity contribution >= 4 is 17.1 Å². The van der Waals surface area contributed by atoms with Gasteiger partial charge in [-0.25, -0.2) is 0 Å². The summed E-state index contributed by atoms with van der Waals surface area (Å²) in [5.74, 6) is 0. The molecule has 0 bridgehead atoms. The Balaban J connectivity index is 1.76. The zero-order valence-electron chi connectivity index (χ0n) is 23.1. The number of allylic oxidation sites excluding steroid dienone is 8. The predicted molar refractivity (Wildman–Crippen MR) is 168 cm³/mol. The molecule has 4 aromatic rings. The summed E-state index contributed by atoms with van der Waals surface area (Å²) in [5, 5.41) is 0. The molecule has 39 heavy (non-hydrogen) atoms. The van der Waals surface area contributed by atoms with Gasteiger partial charge in [-0.05, 0) is 90.6 Å². The van der Waals surface area contributed by atoms with Gasteiger partial charge in [0.25, 0.3) is 0 Å². The van der Waals surface area contributed by atoms with Crippen LogP contribution >= 0.6 is 0 Å². The molecule has 1 heteroatoms. The third-order valence-electron chi connectivity index (χ3n) is 7.69. The fraction of sp³-hybridized carbons (Fsp3) is 0.105. The summed E-state index contributed by atoms with van der Waals surface area (Å²) in [5.41, 5.74) is 11.3. The Labute approximate surface area is 233 Å². The Morgan fingerprint density at radius 1 is 0.615 bits per heavy atom. The van der Waals surface area contributed by atoms with Crippen molar-refractivity contribution in [1.82, 2.24) is 0 Å². The van der Waals surface area contributed by atoms with E-state index in [1.54, 1.807) is 0 Å². The maximum atomic E-state index is 4.31. The van der Waals surface area contributed by atoms with Gasteiger partial charge in [0.15, 0.2) is 0 Å². The van der Waals surface area contributed by atoms with Crippen LogP contribution in [0.15, 0.2) is 169 Å². The van der Waals surface area contributed by atoms with Crippen LogP contribution in [0.3, 0.4) is 0 Å². The molecule has 0 aromatic heterocycles. The Kier molecular flexibility index (Phi) is 7.34. The lowest BCUT2D eigenvalue weighted by molar-refractivity contribution is 0.753. The zero-order valence-corrected chi connectivity index (χ0v) is 23.1. The van der Waals surface area contributed by atoms with E-state index in [1.165, 1.54) is 39.0 Å². The van der Waals surface area contributed by atoms with Crippen LogP contribution in [0.4, 0.5) is 17.1 Å². The minimum Gasteiger partial charge on any atom is -0.311 e. The van der Waals surface area contributed by atoms with Gasteiger partial charge < -0.3 is 4.90 Å². The predicted octanol–water partition coefficient (Wildman–Crippen LogP) is 10.3. The van der Waals surface area contributed by atoms with Gasteiger partial charge in [0.05, 0.1) is 5.41 Å². The summed E-state index contributed by atoms with van der Waals surface area (Å²) in [4.78, 5) is 2.29. The number of benzene rings is 4. The van der Waals surface area contributed by atoms with Gasteiger partial charge in [-0.2, -0.15) is 0 Å². The number of rotatable bonds is 8. The van der Waals surface area contributed by atoms with E-state index in [0.29, 0.717) is 0 Å². The fourth-order valence-electron chi connectivity index (χ4n) is 6.05. The molecule has 0 saturated carbocycles. The van der Waals surface area contributed by atoms with Gasteiger partial charge in [-0.3, -0.25) is 0 Å². The van der Waals surface area contributed by atoms with E-state index in [0.717, 1.165) is 17.1 Å². The molecule has 0 spiro atoms. The van der Waals surface area contributed by atoms with Crippen LogP contribution < -0.4 is 4.90 Å². The SMILES string of the molecule is C=CC1=C(C)C(/C=C\C)=C(C=C)C1(c1ccc(N(c2ccccc2)c2ccccc2)cc1)c1cccc(C)c1. The van der Waals surface area contributed by atoms with Crippen LogP contribution in [0.2, 0.25) is 0 Å². The highest BCUT2D eigenvalue weighted by atomic mass is 15.1. The average Bonchev–Trinajstić information content (AvgIpc) is 3.22. The highest BCUT2D eigenvalue weighted by Gasteiger charge is 2.45. The smallest absolute Gasteiger partial charge is 0.0709 e. The number of nitrogens with zero attached hydrogens (tertiary/aromatic N) is 1. The number of hydrogen-bond acceptors (Lipinski definition) is 1. The first-order valence-electron chi connectivity index (χ1n) is 13.5. The van der Waals surface area contributed by atoms with Crippen molar-refractivity contribution in [2.75, 3.05) is 4.90 Å². The van der Waals surface area contributed by atoms with Crippen LogP contribution in [-0.4, -0.2) is 0 Å². The van der Waals surface area contributed by atoms with Gasteiger partial charge in [0.1, 0.15) is 0 Å². The number of anilines is 3. The van der Waals surface area contributed by atoms with E-state index < -0.39 is 5.41 Å². The van der Waals surface area contributed by atoms with E-state index in [2.05, 4.69) is 160 Å². The van der Waals surface area contributed by atoms with Gasteiger partial charge in [-0.15, -0.1) is 0 Å². The van der Waals surface area contributed by atoms with E-state index in [9.17, 15) is 0 Å². The third kappa shape index (κ3) is 4.41. The van der Waals surface area contributed by atoms with Crippen molar-refractivity contribution in [2.45, 2.75) is 26.2 Å². The molecule has 0 aliphatic heterocycles. The molecule has 5 rings (SSSR count). The summed E-state index contributed by atoms with van der Waals surface area (Å²) in [6.07, 6.45) is 8.38. The number of hydrogen-bond donors (Lipinski definition) is 0. The van der Waals surface area contributed by atoms with Crippen LogP contribution in [0, 0.1) is 6.92 Å². The van der Waals surface area contributed by atoms with Crippen molar-refractivity contribution in [3.8, 4) is 0 Å². The minimum absolute atomic E-state index is 0.503. The largest absolute Gasteiger partial charge is 0.311 e. The normalized spacial score (nSPS) is 17.1. The first-order chi connectivity index (χ1) is 19.1. The van der Waals surface area contributed by atoms with Crippen LogP contribution in [0.25, 0.3) is 0 Å². The maximum Gasteiger partial charge on any atom is 0.0709 e. The molecule has 1 unspecified atom stereocenters. The van der Waals surface area contributed by atoms with Gasteiger partial charge in [0.2, 0.25) is 0 Å². The average molecular weight is 506 g/mol. The van der Waals surface area contributed by atoms with E-state index >= 15 is 0 Å². The summed E-state index contributed by atoms with van der Waals surface area (Å²) in [6, 6.07) is 38.9. The molecule has 1 aliphatic carbocycles. The number of aryl methyl sites for hydroxylation is 1. The second-order valence-electron chi connectivity index (χ2n) is 9.95. The standard InChI is InChI=1S/C38H35N/c1-6-16-35-29(5)36(7-2)38(37(35)8-3,31-18-15-17-28(4)27-31)30-23-25-34(26-24-30)39(32-19-11-9-12-20-32)33-21-13-10-14-22-33/h6-27H,2-3H2,1,4-5H3/b16-6-. The van der Waals surface area contributed by atoms with Crippen LogP contribution in [-0.2, 0) is 5.41 Å². The summed E-state index contributed by atoms with van der Waals surface area (Å²) in [7, 11) is 0. The fourth-order valence-corrected chi connectivity index (χ4v) is 6.05. The molecule has 0 fully saturated rings. The molecule has 1 atom stereocenters. The van der Waals surface area contributed by atoms with E-state index in [-0.39, 0.29) is 0 Å². The first kappa shape index (κ1) is 26.0. The van der Waals surface area contributed by atoms with Gasteiger partial charge >= 0.3 is 0 Å².